The van der Waals surface area contributed by atoms with Crippen LogP contribution in [0.2, 0.25) is 0 Å². The number of rotatable bonds is 8. The van der Waals surface area contributed by atoms with Crippen molar-refractivity contribution in [2.45, 2.75) is 44.9 Å². The molecule has 0 bridgehead atoms. The molecule has 98 valence electrons. The van der Waals surface area contributed by atoms with Crippen molar-refractivity contribution in [2.24, 2.45) is 0 Å². The normalized spacial score (nSPS) is 11.4. The van der Waals surface area contributed by atoms with E-state index in [-0.39, 0.29) is 29.6 Å². The Bertz CT molecular complexity index is 390. The average Bonchev–Trinajstić information content (AvgIpc) is 2.39. The van der Waals surface area contributed by atoms with Crippen LogP contribution in [0.3, 0.4) is 0 Å². The predicted molar refractivity (Wildman–Crippen MR) is 68.0 cm³/mol. The molecule has 0 fully saturated rings. The molecule has 4 heteroatoms. The topological polar surface area (TPSA) is 57.2 Å². The van der Waals surface area contributed by atoms with Crippen LogP contribution < -0.4 is 34.7 Å². The molecule has 0 aromatic heterocycles. The van der Waals surface area contributed by atoms with Crippen molar-refractivity contribution in [2.75, 3.05) is 0 Å². The van der Waals surface area contributed by atoms with Gasteiger partial charge in [-0.1, -0.05) is 62.9 Å². The van der Waals surface area contributed by atoms with Crippen molar-refractivity contribution in [1.29, 1.82) is 0 Å². The second-order valence-electron chi connectivity index (χ2n) is 4.46. The SMILES string of the molecule is CCCCCCC(C(=O)C(=O)[O-])c1ccccc1.[Na+]. The van der Waals surface area contributed by atoms with E-state index in [1.54, 1.807) is 12.1 Å². The van der Waals surface area contributed by atoms with Crippen molar-refractivity contribution in [3.63, 3.8) is 0 Å². The van der Waals surface area contributed by atoms with Gasteiger partial charge in [-0.15, -0.1) is 0 Å². The van der Waals surface area contributed by atoms with E-state index in [2.05, 4.69) is 6.92 Å². The van der Waals surface area contributed by atoms with Crippen molar-refractivity contribution in [3.05, 3.63) is 35.9 Å². The second-order valence-corrected chi connectivity index (χ2v) is 4.46. The number of carboxylic acid groups (broad SMARTS) is 1. The van der Waals surface area contributed by atoms with Gasteiger partial charge in [0.2, 0.25) is 0 Å². The van der Waals surface area contributed by atoms with Crippen LogP contribution in [-0.2, 0) is 9.59 Å². The van der Waals surface area contributed by atoms with E-state index in [0.29, 0.717) is 6.42 Å². The van der Waals surface area contributed by atoms with Crippen LogP contribution >= 0.6 is 0 Å². The summed E-state index contributed by atoms with van der Waals surface area (Å²) >= 11 is 0. The third-order valence-corrected chi connectivity index (χ3v) is 3.07. The van der Waals surface area contributed by atoms with Gasteiger partial charge in [-0.05, 0) is 12.0 Å². The van der Waals surface area contributed by atoms with Gasteiger partial charge in [0.25, 0.3) is 0 Å². The molecule has 1 aromatic carbocycles. The van der Waals surface area contributed by atoms with Crippen LogP contribution in [-0.4, -0.2) is 11.8 Å². The Morgan fingerprint density at radius 3 is 2.26 bits per heavy atom. The largest absolute Gasteiger partial charge is 1.00 e. The molecule has 0 amide bonds. The van der Waals surface area contributed by atoms with Crippen LogP contribution in [0.15, 0.2) is 30.3 Å². The molecule has 0 aliphatic rings. The van der Waals surface area contributed by atoms with Gasteiger partial charge < -0.3 is 9.90 Å². The third-order valence-electron chi connectivity index (χ3n) is 3.07. The zero-order chi connectivity index (χ0) is 13.4. The Balaban J connectivity index is 0.00000324. The summed E-state index contributed by atoms with van der Waals surface area (Å²) in [5.41, 5.74) is 0.767. The monoisotopic (exact) mass is 270 g/mol. The maximum Gasteiger partial charge on any atom is 1.00 e. The fourth-order valence-corrected chi connectivity index (χ4v) is 2.05. The van der Waals surface area contributed by atoms with Crippen LogP contribution in [0.4, 0.5) is 0 Å². The molecule has 0 aliphatic carbocycles. The number of carboxylic acids is 1. The Hall–Kier alpha value is -0.640. The number of carbonyl (C=O) groups is 2. The minimum Gasteiger partial charge on any atom is -0.542 e. The summed E-state index contributed by atoms with van der Waals surface area (Å²) < 4.78 is 0. The summed E-state index contributed by atoms with van der Waals surface area (Å²) in [6.07, 6.45) is 4.70. The summed E-state index contributed by atoms with van der Waals surface area (Å²) in [5.74, 6) is -2.95. The molecular formula is C15H19NaO3. The molecule has 3 nitrogen and oxygen atoms in total. The average molecular weight is 270 g/mol. The second kappa shape index (κ2) is 10.2. The number of aliphatic carboxylic acids is 1. The molecule has 0 spiro atoms. The Kier molecular flexibility index (Phi) is 9.84. The summed E-state index contributed by atoms with van der Waals surface area (Å²) in [6.45, 7) is 2.11. The van der Waals surface area contributed by atoms with E-state index < -0.39 is 17.7 Å². The first-order valence-corrected chi connectivity index (χ1v) is 6.47. The van der Waals surface area contributed by atoms with E-state index in [4.69, 9.17) is 0 Å². The smallest absolute Gasteiger partial charge is 0.542 e. The molecule has 0 radical (unpaired) electrons. The third kappa shape index (κ3) is 6.37. The summed E-state index contributed by atoms with van der Waals surface area (Å²) in [6, 6.07) is 9.08. The standard InChI is InChI=1S/C15H20O3.Na/c1-2-3-4-8-11-13(14(16)15(17)18)12-9-6-5-7-10-12;/h5-7,9-10,13H,2-4,8,11H2,1H3,(H,17,18);/q;+1/p-1. The van der Waals surface area contributed by atoms with E-state index in [0.717, 1.165) is 31.2 Å². The number of benzene rings is 1. The molecule has 0 N–H and O–H groups in total. The summed E-state index contributed by atoms with van der Waals surface area (Å²) in [5, 5.41) is 10.7. The van der Waals surface area contributed by atoms with Gasteiger partial charge in [0, 0.05) is 5.92 Å². The molecule has 0 heterocycles. The Morgan fingerprint density at radius 1 is 1.11 bits per heavy atom. The number of ketones is 1. The molecule has 0 aliphatic heterocycles. The van der Waals surface area contributed by atoms with Crippen LogP contribution in [0, 0.1) is 0 Å². The number of hydrogen-bond acceptors (Lipinski definition) is 3. The molecule has 19 heavy (non-hydrogen) atoms. The van der Waals surface area contributed by atoms with E-state index in [1.807, 2.05) is 18.2 Å². The minimum absolute atomic E-state index is 0. The molecule has 1 rings (SSSR count). The van der Waals surface area contributed by atoms with Gasteiger partial charge in [-0.25, -0.2) is 0 Å². The first kappa shape index (κ1) is 18.4. The van der Waals surface area contributed by atoms with Crippen molar-refractivity contribution >= 4 is 11.8 Å². The number of carbonyl (C=O) groups excluding carboxylic acids is 2. The van der Waals surface area contributed by atoms with Gasteiger partial charge in [-0.2, -0.15) is 0 Å². The Labute approximate surface area is 136 Å². The van der Waals surface area contributed by atoms with Crippen LogP contribution in [0.1, 0.15) is 50.5 Å². The first-order chi connectivity index (χ1) is 8.66. The fraction of sp³-hybridized carbons (Fsp3) is 0.467. The molecule has 0 saturated carbocycles. The Morgan fingerprint density at radius 2 is 1.74 bits per heavy atom. The van der Waals surface area contributed by atoms with E-state index in [9.17, 15) is 14.7 Å². The van der Waals surface area contributed by atoms with E-state index in [1.165, 1.54) is 0 Å². The number of unbranched alkanes of at least 4 members (excludes halogenated alkanes) is 3. The van der Waals surface area contributed by atoms with Gasteiger partial charge >= 0.3 is 29.6 Å². The molecule has 0 saturated heterocycles. The number of hydrogen-bond donors (Lipinski definition) is 0. The number of Topliss-reactive ketones (excluding diaryl/α,β-unsaturated/α-hetero) is 1. The van der Waals surface area contributed by atoms with Gasteiger partial charge in [0.1, 0.15) is 5.97 Å². The zero-order valence-electron chi connectivity index (χ0n) is 11.7. The van der Waals surface area contributed by atoms with Crippen molar-refractivity contribution in [3.8, 4) is 0 Å². The van der Waals surface area contributed by atoms with Gasteiger partial charge in [0.05, 0.1) is 0 Å². The quantitative estimate of drug-likeness (QED) is 0.348. The molecule has 1 atom stereocenters. The van der Waals surface area contributed by atoms with Crippen LogP contribution in [0.25, 0.3) is 0 Å². The fourth-order valence-electron chi connectivity index (χ4n) is 2.05. The zero-order valence-corrected chi connectivity index (χ0v) is 13.7. The van der Waals surface area contributed by atoms with Gasteiger partial charge in [-0.3, -0.25) is 4.79 Å². The first-order valence-electron chi connectivity index (χ1n) is 6.47. The van der Waals surface area contributed by atoms with Gasteiger partial charge in [0.15, 0.2) is 5.78 Å². The molecule has 1 unspecified atom stereocenters. The van der Waals surface area contributed by atoms with Crippen LogP contribution in [0.5, 0.6) is 0 Å². The summed E-state index contributed by atoms with van der Waals surface area (Å²) in [4.78, 5) is 22.4. The predicted octanol–water partition coefficient (Wildman–Crippen LogP) is -0.936. The van der Waals surface area contributed by atoms with Crippen molar-refractivity contribution < 1.29 is 44.3 Å². The minimum atomic E-state index is -1.58. The molecular weight excluding hydrogens is 251 g/mol. The van der Waals surface area contributed by atoms with E-state index >= 15 is 0 Å². The maximum absolute atomic E-state index is 11.6. The maximum atomic E-state index is 11.6. The summed E-state index contributed by atoms with van der Waals surface area (Å²) in [7, 11) is 0. The van der Waals surface area contributed by atoms with Crippen molar-refractivity contribution in [1.82, 2.24) is 0 Å². The molecule has 1 aromatic rings.